The monoisotopic (exact) mass is 344 g/mol. The molecule has 0 radical (unpaired) electrons. The van der Waals surface area contributed by atoms with Crippen LogP contribution in [0.4, 0.5) is 5.69 Å². The molecule has 3 rings (SSSR count). The SMILES string of the molecule is C[C@@H]1CCCN1c1cc(CN(C)C)cc(B2OC(C)(C)C(C)(C)O2)c1. The van der Waals surface area contributed by atoms with Gasteiger partial charge < -0.3 is 19.1 Å². The molecule has 1 aromatic carbocycles. The first kappa shape index (κ1) is 18.7. The Labute approximate surface area is 153 Å². The van der Waals surface area contributed by atoms with E-state index in [2.05, 4.69) is 76.7 Å². The molecule has 0 unspecified atom stereocenters. The van der Waals surface area contributed by atoms with E-state index in [0.29, 0.717) is 6.04 Å². The van der Waals surface area contributed by atoms with Crippen molar-refractivity contribution in [3.63, 3.8) is 0 Å². The lowest BCUT2D eigenvalue weighted by atomic mass is 9.78. The van der Waals surface area contributed by atoms with Crippen molar-refractivity contribution in [3.8, 4) is 0 Å². The summed E-state index contributed by atoms with van der Waals surface area (Å²) in [7, 11) is 3.92. The van der Waals surface area contributed by atoms with Gasteiger partial charge >= 0.3 is 7.12 Å². The van der Waals surface area contributed by atoms with Crippen molar-refractivity contribution in [2.24, 2.45) is 0 Å². The molecule has 2 fully saturated rings. The standard InChI is InChI=1S/C20H33BN2O2/c1-15-9-8-10-23(15)18-12-16(14-22(6)7)11-17(13-18)21-24-19(2,3)20(4,5)25-21/h11-13,15H,8-10,14H2,1-7H3/t15-/m1/s1. The quantitative estimate of drug-likeness (QED) is 0.784. The van der Waals surface area contributed by atoms with E-state index in [0.717, 1.165) is 18.6 Å². The van der Waals surface area contributed by atoms with Gasteiger partial charge in [0.15, 0.2) is 0 Å². The zero-order chi connectivity index (χ0) is 18.4. The first-order valence-electron chi connectivity index (χ1n) is 9.50. The predicted molar refractivity (Wildman–Crippen MR) is 106 cm³/mol. The molecule has 0 amide bonds. The molecule has 5 heteroatoms. The molecule has 2 heterocycles. The second-order valence-electron chi connectivity index (χ2n) is 8.94. The fraction of sp³-hybridized carbons (Fsp3) is 0.700. The molecule has 0 bridgehead atoms. The zero-order valence-corrected chi connectivity index (χ0v) is 16.9. The summed E-state index contributed by atoms with van der Waals surface area (Å²) >= 11 is 0. The van der Waals surface area contributed by atoms with Gasteiger partial charge in [-0.2, -0.15) is 0 Å². The molecule has 0 aromatic heterocycles. The molecule has 1 aromatic rings. The molecular weight excluding hydrogens is 311 g/mol. The summed E-state index contributed by atoms with van der Waals surface area (Å²) in [5.41, 5.74) is 3.12. The summed E-state index contributed by atoms with van der Waals surface area (Å²) in [6.07, 6.45) is 2.54. The van der Waals surface area contributed by atoms with Crippen molar-refractivity contribution < 1.29 is 9.31 Å². The topological polar surface area (TPSA) is 24.9 Å². The Hall–Kier alpha value is -1.04. The first-order chi connectivity index (χ1) is 11.6. The number of hydrogen-bond donors (Lipinski definition) is 0. The third kappa shape index (κ3) is 3.74. The number of anilines is 1. The maximum atomic E-state index is 6.30. The highest BCUT2D eigenvalue weighted by atomic mass is 16.7. The van der Waals surface area contributed by atoms with E-state index in [1.807, 2.05) is 0 Å². The Morgan fingerprint density at radius 2 is 1.76 bits per heavy atom. The Morgan fingerprint density at radius 1 is 1.12 bits per heavy atom. The average Bonchev–Trinajstić information content (AvgIpc) is 2.99. The van der Waals surface area contributed by atoms with Gasteiger partial charge in [-0.05, 0) is 84.7 Å². The van der Waals surface area contributed by atoms with E-state index in [1.54, 1.807) is 0 Å². The second-order valence-corrected chi connectivity index (χ2v) is 8.94. The number of rotatable bonds is 4. The van der Waals surface area contributed by atoms with Crippen LogP contribution in [0.15, 0.2) is 18.2 Å². The van der Waals surface area contributed by atoms with Gasteiger partial charge in [0, 0.05) is 24.8 Å². The predicted octanol–water partition coefficient (Wildman–Crippen LogP) is 3.04. The van der Waals surface area contributed by atoms with E-state index >= 15 is 0 Å². The highest BCUT2D eigenvalue weighted by molar-refractivity contribution is 6.62. The normalized spacial score (nSPS) is 25.2. The van der Waals surface area contributed by atoms with Crippen LogP contribution in [0.2, 0.25) is 0 Å². The fourth-order valence-electron chi connectivity index (χ4n) is 3.75. The van der Waals surface area contributed by atoms with Crippen LogP contribution in [0.25, 0.3) is 0 Å². The number of hydrogen-bond acceptors (Lipinski definition) is 4. The first-order valence-corrected chi connectivity index (χ1v) is 9.50. The summed E-state index contributed by atoms with van der Waals surface area (Å²) in [6, 6.07) is 7.44. The molecule has 0 spiro atoms. The van der Waals surface area contributed by atoms with Crippen LogP contribution in [0, 0.1) is 0 Å². The molecular formula is C20H33BN2O2. The van der Waals surface area contributed by atoms with Gasteiger partial charge in [-0.15, -0.1) is 0 Å². The third-order valence-electron chi connectivity index (χ3n) is 5.91. The summed E-state index contributed by atoms with van der Waals surface area (Å²) in [5, 5.41) is 0. The second kappa shape index (κ2) is 6.60. The van der Waals surface area contributed by atoms with Gasteiger partial charge in [0.25, 0.3) is 0 Å². The van der Waals surface area contributed by atoms with Crippen molar-refractivity contribution in [2.45, 2.75) is 71.2 Å². The molecule has 0 saturated carbocycles. The van der Waals surface area contributed by atoms with Crippen LogP contribution in [-0.2, 0) is 15.9 Å². The van der Waals surface area contributed by atoms with Gasteiger partial charge in [0.1, 0.15) is 0 Å². The summed E-state index contributed by atoms with van der Waals surface area (Å²) in [6.45, 7) is 12.8. The molecule has 2 aliphatic rings. The lowest BCUT2D eigenvalue weighted by Crippen LogP contribution is -2.41. The van der Waals surface area contributed by atoms with Crippen LogP contribution < -0.4 is 10.4 Å². The largest absolute Gasteiger partial charge is 0.494 e. The van der Waals surface area contributed by atoms with Crippen molar-refractivity contribution >= 4 is 18.3 Å². The molecule has 2 aliphatic heterocycles. The van der Waals surface area contributed by atoms with Gasteiger partial charge in [-0.25, -0.2) is 0 Å². The van der Waals surface area contributed by atoms with Gasteiger partial charge in [0.05, 0.1) is 11.2 Å². The summed E-state index contributed by atoms with van der Waals surface area (Å²) in [4.78, 5) is 4.73. The summed E-state index contributed by atoms with van der Waals surface area (Å²) in [5.74, 6) is 0. The minimum absolute atomic E-state index is 0.302. The zero-order valence-electron chi connectivity index (χ0n) is 16.9. The van der Waals surface area contributed by atoms with Crippen LogP contribution >= 0.6 is 0 Å². The highest BCUT2D eigenvalue weighted by Crippen LogP contribution is 2.37. The van der Waals surface area contributed by atoms with Gasteiger partial charge in [-0.3, -0.25) is 0 Å². The van der Waals surface area contributed by atoms with Crippen molar-refractivity contribution in [1.29, 1.82) is 0 Å². The molecule has 4 nitrogen and oxygen atoms in total. The van der Waals surface area contributed by atoms with Crippen LogP contribution in [-0.4, -0.2) is 49.9 Å². The Bertz CT molecular complexity index is 614. The number of benzene rings is 1. The maximum Gasteiger partial charge on any atom is 0.494 e. The Morgan fingerprint density at radius 3 is 2.28 bits per heavy atom. The molecule has 0 aliphatic carbocycles. The van der Waals surface area contributed by atoms with E-state index in [-0.39, 0.29) is 18.3 Å². The van der Waals surface area contributed by atoms with Gasteiger partial charge in [0.2, 0.25) is 0 Å². The van der Waals surface area contributed by atoms with Crippen molar-refractivity contribution in [3.05, 3.63) is 23.8 Å². The van der Waals surface area contributed by atoms with E-state index in [4.69, 9.17) is 9.31 Å². The average molecular weight is 344 g/mol. The molecule has 0 N–H and O–H groups in total. The van der Waals surface area contributed by atoms with E-state index in [9.17, 15) is 0 Å². The van der Waals surface area contributed by atoms with E-state index in [1.165, 1.54) is 24.1 Å². The molecule has 1 atom stereocenters. The maximum absolute atomic E-state index is 6.30. The van der Waals surface area contributed by atoms with Gasteiger partial charge in [-0.1, -0.05) is 6.07 Å². The van der Waals surface area contributed by atoms with Crippen molar-refractivity contribution in [2.75, 3.05) is 25.5 Å². The van der Waals surface area contributed by atoms with Crippen LogP contribution in [0.1, 0.15) is 53.0 Å². The lowest BCUT2D eigenvalue weighted by molar-refractivity contribution is 0.00578. The molecule has 25 heavy (non-hydrogen) atoms. The minimum Gasteiger partial charge on any atom is -0.399 e. The lowest BCUT2D eigenvalue weighted by Gasteiger charge is -2.32. The molecule has 2 saturated heterocycles. The summed E-state index contributed by atoms with van der Waals surface area (Å²) < 4.78 is 12.6. The number of nitrogens with zero attached hydrogens (tertiary/aromatic N) is 2. The fourth-order valence-corrected chi connectivity index (χ4v) is 3.75. The Kier molecular flexibility index (Phi) is 4.95. The van der Waals surface area contributed by atoms with Crippen LogP contribution in [0.3, 0.4) is 0 Å². The Balaban J connectivity index is 1.95. The smallest absolute Gasteiger partial charge is 0.399 e. The molecule has 138 valence electrons. The highest BCUT2D eigenvalue weighted by Gasteiger charge is 2.51. The van der Waals surface area contributed by atoms with Crippen LogP contribution in [0.5, 0.6) is 0 Å². The van der Waals surface area contributed by atoms with E-state index < -0.39 is 0 Å². The third-order valence-corrected chi connectivity index (χ3v) is 5.91. The minimum atomic E-state index is -0.309. The van der Waals surface area contributed by atoms with Crippen molar-refractivity contribution in [1.82, 2.24) is 4.90 Å².